The monoisotopic (exact) mass is 191 g/mol. The minimum Gasteiger partial charge on any atom is -0.444 e. The number of hydrogen-bond donors (Lipinski definition) is 1. The maximum Gasteiger partial charge on any atom is 0.410 e. The minimum atomic E-state index is -0.415. The zero-order valence-electron chi connectivity index (χ0n) is 8.13. The molecule has 0 atom stereocenters. The van der Waals surface area contributed by atoms with Crippen LogP contribution in [0.3, 0.4) is 0 Å². The predicted octanol–water partition coefficient (Wildman–Crippen LogP) is 1.78. The number of ether oxygens (including phenoxy) is 1. The van der Waals surface area contributed by atoms with Gasteiger partial charge in [0, 0.05) is 19.3 Å². The SMILES string of the molecule is CN(CCS)C(=O)OC(C)(C)C. The topological polar surface area (TPSA) is 29.5 Å². The van der Waals surface area contributed by atoms with Crippen LogP contribution in [0, 0.1) is 0 Å². The summed E-state index contributed by atoms with van der Waals surface area (Å²) in [6.07, 6.45) is -0.295. The lowest BCUT2D eigenvalue weighted by molar-refractivity contribution is 0.0309. The number of rotatable bonds is 2. The lowest BCUT2D eigenvalue weighted by Crippen LogP contribution is -2.35. The van der Waals surface area contributed by atoms with Crippen LogP contribution in [0.5, 0.6) is 0 Å². The van der Waals surface area contributed by atoms with Gasteiger partial charge < -0.3 is 9.64 Å². The highest BCUT2D eigenvalue weighted by molar-refractivity contribution is 7.80. The van der Waals surface area contributed by atoms with Crippen molar-refractivity contribution < 1.29 is 9.53 Å². The molecule has 1 amide bonds. The van der Waals surface area contributed by atoms with E-state index in [1.165, 1.54) is 4.90 Å². The fourth-order valence-corrected chi connectivity index (χ4v) is 0.881. The van der Waals surface area contributed by atoms with Crippen LogP contribution < -0.4 is 0 Å². The molecule has 0 heterocycles. The van der Waals surface area contributed by atoms with Gasteiger partial charge in [0.05, 0.1) is 0 Å². The van der Waals surface area contributed by atoms with E-state index in [2.05, 4.69) is 12.6 Å². The molecule has 72 valence electrons. The lowest BCUT2D eigenvalue weighted by atomic mass is 10.2. The molecular weight excluding hydrogens is 174 g/mol. The molecule has 0 rings (SSSR count). The molecule has 0 spiro atoms. The molecule has 3 nitrogen and oxygen atoms in total. The zero-order chi connectivity index (χ0) is 9.78. The number of amides is 1. The van der Waals surface area contributed by atoms with E-state index < -0.39 is 5.60 Å². The molecule has 12 heavy (non-hydrogen) atoms. The molecule has 0 N–H and O–H groups in total. The molecule has 0 fully saturated rings. The van der Waals surface area contributed by atoms with E-state index in [0.29, 0.717) is 12.3 Å². The van der Waals surface area contributed by atoms with Crippen LogP contribution in [0.25, 0.3) is 0 Å². The fourth-order valence-electron chi connectivity index (χ4n) is 0.581. The Morgan fingerprint density at radius 2 is 2.00 bits per heavy atom. The quantitative estimate of drug-likeness (QED) is 0.674. The maximum absolute atomic E-state index is 11.2. The van der Waals surface area contributed by atoms with Crippen LogP contribution in [0.2, 0.25) is 0 Å². The Kier molecular flexibility index (Phi) is 4.45. The minimum absolute atomic E-state index is 0.295. The van der Waals surface area contributed by atoms with Crippen molar-refractivity contribution in [1.29, 1.82) is 0 Å². The van der Waals surface area contributed by atoms with Crippen molar-refractivity contribution in [1.82, 2.24) is 4.90 Å². The van der Waals surface area contributed by atoms with Crippen molar-refractivity contribution in [2.24, 2.45) is 0 Å². The van der Waals surface area contributed by atoms with E-state index >= 15 is 0 Å². The largest absolute Gasteiger partial charge is 0.444 e. The Labute approximate surface area is 79.5 Å². The third-order valence-corrected chi connectivity index (χ3v) is 1.34. The summed E-state index contributed by atoms with van der Waals surface area (Å²) < 4.78 is 5.11. The van der Waals surface area contributed by atoms with Gasteiger partial charge in [0.1, 0.15) is 5.60 Å². The van der Waals surface area contributed by atoms with Gasteiger partial charge in [-0.2, -0.15) is 12.6 Å². The lowest BCUT2D eigenvalue weighted by Gasteiger charge is -2.24. The van der Waals surface area contributed by atoms with E-state index in [1.54, 1.807) is 7.05 Å². The van der Waals surface area contributed by atoms with Crippen LogP contribution in [0.15, 0.2) is 0 Å². The van der Waals surface area contributed by atoms with Gasteiger partial charge >= 0.3 is 6.09 Å². The van der Waals surface area contributed by atoms with Gasteiger partial charge in [0.2, 0.25) is 0 Å². The number of thiol groups is 1. The van der Waals surface area contributed by atoms with Crippen molar-refractivity contribution in [3.05, 3.63) is 0 Å². The molecule has 0 aromatic heterocycles. The molecule has 0 radical (unpaired) electrons. The van der Waals surface area contributed by atoms with Crippen LogP contribution in [0.1, 0.15) is 20.8 Å². The smallest absolute Gasteiger partial charge is 0.410 e. The van der Waals surface area contributed by atoms with Gasteiger partial charge in [-0.05, 0) is 20.8 Å². The Bertz CT molecular complexity index is 154. The summed E-state index contributed by atoms with van der Waals surface area (Å²) in [5.74, 6) is 0.649. The van der Waals surface area contributed by atoms with E-state index in [9.17, 15) is 4.79 Å². The third-order valence-electron chi connectivity index (χ3n) is 1.14. The number of carbonyl (C=O) groups is 1. The van der Waals surface area contributed by atoms with Crippen molar-refractivity contribution in [2.75, 3.05) is 19.3 Å². The number of hydrogen-bond acceptors (Lipinski definition) is 3. The van der Waals surface area contributed by atoms with Crippen molar-refractivity contribution in [2.45, 2.75) is 26.4 Å². The third kappa shape index (κ3) is 5.29. The first-order chi connectivity index (χ1) is 5.37. The fraction of sp³-hybridized carbons (Fsp3) is 0.875. The van der Waals surface area contributed by atoms with Crippen molar-refractivity contribution in [3.8, 4) is 0 Å². The standard InChI is InChI=1S/C8H17NO2S/c1-8(2,3)11-7(10)9(4)5-6-12/h12H,5-6H2,1-4H3. The summed E-state index contributed by atoms with van der Waals surface area (Å²) in [7, 11) is 1.70. The first kappa shape index (κ1) is 11.6. The predicted molar refractivity (Wildman–Crippen MR) is 52.7 cm³/mol. The molecule has 0 aliphatic carbocycles. The van der Waals surface area contributed by atoms with Gasteiger partial charge in [-0.3, -0.25) is 0 Å². The van der Waals surface area contributed by atoms with Crippen LogP contribution >= 0.6 is 12.6 Å². The van der Waals surface area contributed by atoms with E-state index in [4.69, 9.17) is 4.74 Å². The summed E-state index contributed by atoms with van der Waals surface area (Å²) in [6, 6.07) is 0. The summed E-state index contributed by atoms with van der Waals surface area (Å²) in [5, 5.41) is 0. The second-order valence-corrected chi connectivity index (χ2v) is 4.07. The van der Waals surface area contributed by atoms with Crippen LogP contribution in [-0.2, 0) is 4.74 Å². The van der Waals surface area contributed by atoms with Crippen LogP contribution in [-0.4, -0.2) is 35.9 Å². The van der Waals surface area contributed by atoms with Gasteiger partial charge in [-0.15, -0.1) is 0 Å². The van der Waals surface area contributed by atoms with E-state index in [-0.39, 0.29) is 6.09 Å². The first-order valence-electron chi connectivity index (χ1n) is 3.92. The normalized spacial score (nSPS) is 11.1. The molecule has 0 saturated carbocycles. The average molecular weight is 191 g/mol. The summed E-state index contributed by atoms with van der Waals surface area (Å²) in [6.45, 7) is 6.15. The molecule has 0 saturated heterocycles. The highest BCUT2D eigenvalue weighted by Gasteiger charge is 2.18. The highest BCUT2D eigenvalue weighted by atomic mass is 32.1. The van der Waals surface area contributed by atoms with Gasteiger partial charge in [-0.1, -0.05) is 0 Å². The maximum atomic E-state index is 11.2. The molecule has 4 heteroatoms. The van der Waals surface area contributed by atoms with Crippen LogP contribution in [0.4, 0.5) is 4.79 Å². The number of carbonyl (C=O) groups excluding carboxylic acids is 1. The molecule has 0 aromatic rings. The second-order valence-electron chi connectivity index (χ2n) is 3.63. The Morgan fingerprint density at radius 3 is 2.33 bits per heavy atom. The van der Waals surface area contributed by atoms with Gasteiger partial charge in [0.15, 0.2) is 0 Å². The Hall–Kier alpha value is -0.380. The van der Waals surface area contributed by atoms with E-state index in [1.807, 2.05) is 20.8 Å². The molecule has 0 aliphatic rings. The molecule has 0 unspecified atom stereocenters. The van der Waals surface area contributed by atoms with Gasteiger partial charge in [-0.25, -0.2) is 4.79 Å². The molecular formula is C8H17NO2S. The zero-order valence-corrected chi connectivity index (χ0v) is 9.02. The number of nitrogens with zero attached hydrogens (tertiary/aromatic N) is 1. The van der Waals surface area contributed by atoms with Crippen molar-refractivity contribution in [3.63, 3.8) is 0 Å². The highest BCUT2D eigenvalue weighted by Crippen LogP contribution is 2.08. The summed E-state index contributed by atoms with van der Waals surface area (Å²) in [4.78, 5) is 12.7. The van der Waals surface area contributed by atoms with E-state index in [0.717, 1.165) is 0 Å². The second kappa shape index (κ2) is 4.60. The molecule has 0 aromatic carbocycles. The summed E-state index contributed by atoms with van der Waals surface area (Å²) >= 11 is 4.02. The molecule has 0 bridgehead atoms. The average Bonchev–Trinajstić information content (AvgIpc) is 1.84. The molecule has 0 aliphatic heterocycles. The Morgan fingerprint density at radius 1 is 1.50 bits per heavy atom. The summed E-state index contributed by atoms with van der Waals surface area (Å²) in [5.41, 5.74) is -0.415. The van der Waals surface area contributed by atoms with Crippen molar-refractivity contribution >= 4 is 18.7 Å². The Balaban J connectivity index is 3.87. The van der Waals surface area contributed by atoms with Gasteiger partial charge in [0.25, 0.3) is 0 Å². The first-order valence-corrected chi connectivity index (χ1v) is 4.55.